The van der Waals surface area contributed by atoms with Crippen LogP contribution in [0, 0.1) is 0 Å². The fraction of sp³-hybridized carbons (Fsp3) is 0.478. The first-order valence-corrected chi connectivity index (χ1v) is 12.0. The van der Waals surface area contributed by atoms with Gasteiger partial charge < -0.3 is 9.84 Å². The SMILES string of the molecule is CC(C)c1ccc(OCC(O)CN(Cc2ccccc2)C2CCS(=O)(=O)C2)cc1. The summed E-state index contributed by atoms with van der Waals surface area (Å²) < 4.78 is 29.7. The van der Waals surface area contributed by atoms with Gasteiger partial charge in [0.2, 0.25) is 0 Å². The molecule has 2 atom stereocenters. The van der Waals surface area contributed by atoms with Crippen LogP contribution >= 0.6 is 0 Å². The molecule has 1 saturated heterocycles. The lowest BCUT2D eigenvalue weighted by molar-refractivity contribution is 0.0525. The maximum atomic E-state index is 12.0. The predicted octanol–water partition coefficient (Wildman–Crippen LogP) is 3.24. The maximum Gasteiger partial charge on any atom is 0.151 e. The van der Waals surface area contributed by atoms with E-state index in [-0.39, 0.29) is 24.2 Å². The first-order chi connectivity index (χ1) is 13.8. The molecule has 0 saturated carbocycles. The van der Waals surface area contributed by atoms with E-state index in [1.807, 2.05) is 54.6 Å². The van der Waals surface area contributed by atoms with Crippen molar-refractivity contribution in [3.63, 3.8) is 0 Å². The highest BCUT2D eigenvalue weighted by atomic mass is 32.2. The van der Waals surface area contributed by atoms with E-state index in [0.717, 1.165) is 11.3 Å². The Balaban J connectivity index is 1.60. The molecule has 29 heavy (non-hydrogen) atoms. The summed E-state index contributed by atoms with van der Waals surface area (Å²) in [4.78, 5) is 2.08. The summed E-state index contributed by atoms with van der Waals surface area (Å²) in [5, 5.41) is 10.6. The average Bonchev–Trinajstić information content (AvgIpc) is 3.07. The molecular weight excluding hydrogens is 386 g/mol. The topological polar surface area (TPSA) is 66.8 Å². The number of sulfone groups is 1. The van der Waals surface area contributed by atoms with Gasteiger partial charge in [0.1, 0.15) is 18.5 Å². The molecule has 0 spiro atoms. The molecule has 1 aliphatic heterocycles. The highest BCUT2D eigenvalue weighted by molar-refractivity contribution is 7.91. The molecule has 1 aliphatic rings. The van der Waals surface area contributed by atoms with Crippen LogP contribution in [0.2, 0.25) is 0 Å². The summed E-state index contributed by atoms with van der Waals surface area (Å²) in [7, 11) is -2.99. The zero-order valence-electron chi connectivity index (χ0n) is 17.2. The summed E-state index contributed by atoms with van der Waals surface area (Å²) in [5.74, 6) is 1.57. The molecule has 2 unspecified atom stereocenters. The molecule has 1 heterocycles. The Bertz CT molecular complexity index is 866. The molecule has 0 amide bonds. The minimum Gasteiger partial charge on any atom is -0.491 e. The standard InChI is InChI=1S/C23H31NO4S/c1-18(2)20-8-10-23(11-9-20)28-16-22(25)15-24(14-19-6-4-3-5-7-19)21-12-13-29(26,27)17-21/h3-11,18,21-22,25H,12-17H2,1-2H3. The molecule has 2 aromatic rings. The smallest absolute Gasteiger partial charge is 0.151 e. The summed E-state index contributed by atoms with van der Waals surface area (Å²) in [5.41, 5.74) is 2.35. The fourth-order valence-corrected chi connectivity index (χ4v) is 5.45. The van der Waals surface area contributed by atoms with Crippen LogP contribution in [0.3, 0.4) is 0 Å². The number of nitrogens with zero attached hydrogens (tertiary/aromatic N) is 1. The van der Waals surface area contributed by atoms with E-state index in [9.17, 15) is 13.5 Å². The van der Waals surface area contributed by atoms with E-state index in [1.165, 1.54) is 5.56 Å². The Morgan fingerprint density at radius 2 is 1.79 bits per heavy atom. The Morgan fingerprint density at radius 1 is 1.10 bits per heavy atom. The van der Waals surface area contributed by atoms with Gasteiger partial charge in [0.15, 0.2) is 9.84 Å². The highest BCUT2D eigenvalue weighted by Gasteiger charge is 2.33. The zero-order chi connectivity index (χ0) is 20.9. The van der Waals surface area contributed by atoms with Gasteiger partial charge in [-0.15, -0.1) is 0 Å². The van der Waals surface area contributed by atoms with Crippen LogP contribution in [-0.4, -0.2) is 55.2 Å². The van der Waals surface area contributed by atoms with Crippen LogP contribution in [0.15, 0.2) is 54.6 Å². The predicted molar refractivity (Wildman–Crippen MR) is 116 cm³/mol. The lowest BCUT2D eigenvalue weighted by Crippen LogP contribution is -2.42. The van der Waals surface area contributed by atoms with Gasteiger partial charge in [-0.25, -0.2) is 8.42 Å². The summed E-state index contributed by atoms with van der Waals surface area (Å²) in [6.07, 6.45) is -0.0915. The molecule has 0 aliphatic carbocycles. The Labute approximate surface area is 174 Å². The molecule has 0 radical (unpaired) electrons. The number of aliphatic hydroxyl groups is 1. The number of benzene rings is 2. The van der Waals surface area contributed by atoms with Crippen LogP contribution in [0.5, 0.6) is 5.75 Å². The lowest BCUT2D eigenvalue weighted by atomic mass is 10.0. The van der Waals surface area contributed by atoms with Gasteiger partial charge in [-0.3, -0.25) is 4.90 Å². The van der Waals surface area contributed by atoms with Crippen LogP contribution in [0.4, 0.5) is 0 Å². The minimum absolute atomic E-state index is 0.0693. The van der Waals surface area contributed by atoms with Crippen LogP contribution in [0.25, 0.3) is 0 Å². The molecule has 158 valence electrons. The molecule has 1 fully saturated rings. The summed E-state index contributed by atoms with van der Waals surface area (Å²) in [6.45, 7) is 5.44. The number of aliphatic hydroxyl groups excluding tert-OH is 1. The zero-order valence-corrected chi connectivity index (χ0v) is 18.0. The second kappa shape index (κ2) is 9.74. The Kier molecular flexibility index (Phi) is 7.33. The highest BCUT2D eigenvalue weighted by Crippen LogP contribution is 2.21. The van der Waals surface area contributed by atoms with Crippen molar-refractivity contribution in [2.75, 3.05) is 24.7 Å². The fourth-order valence-electron chi connectivity index (χ4n) is 3.69. The normalized spacial score (nSPS) is 19.6. The number of ether oxygens (including phenoxy) is 1. The van der Waals surface area contributed by atoms with Crippen molar-refractivity contribution in [2.45, 2.75) is 44.9 Å². The molecular formula is C23H31NO4S. The van der Waals surface area contributed by atoms with Gasteiger partial charge >= 0.3 is 0 Å². The van der Waals surface area contributed by atoms with Crippen LogP contribution in [-0.2, 0) is 16.4 Å². The van der Waals surface area contributed by atoms with Crippen molar-refractivity contribution in [3.05, 3.63) is 65.7 Å². The van der Waals surface area contributed by atoms with Crippen molar-refractivity contribution in [1.29, 1.82) is 0 Å². The van der Waals surface area contributed by atoms with E-state index < -0.39 is 15.9 Å². The Hall–Kier alpha value is -1.89. The van der Waals surface area contributed by atoms with Crippen molar-refractivity contribution < 1.29 is 18.3 Å². The van der Waals surface area contributed by atoms with Gasteiger partial charge in [-0.2, -0.15) is 0 Å². The molecule has 3 rings (SSSR count). The van der Waals surface area contributed by atoms with Gasteiger partial charge in [0, 0.05) is 19.1 Å². The van der Waals surface area contributed by atoms with Crippen molar-refractivity contribution in [3.8, 4) is 5.75 Å². The average molecular weight is 418 g/mol. The van der Waals surface area contributed by atoms with E-state index in [0.29, 0.717) is 25.4 Å². The molecule has 5 nitrogen and oxygen atoms in total. The van der Waals surface area contributed by atoms with E-state index >= 15 is 0 Å². The largest absolute Gasteiger partial charge is 0.491 e. The summed E-state index contributed by atoms with van der Waals surface area (Å²) in [6, 6.07) is 17.8. The molecule has 6 heteroatoms. The second-order valence-corrected chi connectivity index (χ2v) is 10.4. The van der Waals surface area contributed by atoms with E-state index in [4.69, 9.17) is 4.74 Å². The number of rotatable bonds is 9. The van der Waals surface area contributed by atoms with Crippen molar-refractivity contribution in [2.24, 2.45) is 0 Å². The second-order valence-electron chi connectivity index (χ2n) is 8.16. The first kappa shape index (κ1) is 21.8. The van der Waals surface area contributed by atoms with Crippen molar-refractivity contribution in [1.82, 2.24) is 4.90 Å². The maximum absolute atomic E-state index is 12.0. The third kappa shape index (κ3) is 6.56. The van der Waals surface area contributed by atoms with Gasteiger partial charge in [0.25, 0.3) is 0 Å². The number of hydrogen-bond donors (Lipinski definition) is 1. The summed E-state index contributed by atoms with van der Waals surface area (Å²) >= 11 is 0. The number of hydrogen-bond acceptors (Lipinski definition) is 5. The molecule has 1 N–H and O–H groups in total. The quantitative estimate of drug-likeness (QED) is 0.678. The minimum atomic E-state index is -2.99. The van der Waals surface area contributed by atoms with Crippen molar-refractivity contribution >= 4 is 9.84 Å². The first-order valence-electron chi connectivity index (χ1n) is 10.2. The van der Waals surface area contributed by atoms with Crippen LogP contribution < -0.4 is 4.74 Å². The third-order valence-corrected chi connectivity index (χ3v) is 7.14. The van der Waals surface area contributed by atoms with E-state index in [1.54, 1.807) is 0 Å². The molecule has 0 aromatic heterocycles. The Morgan fingerprint density at radius 3 is 2.38 bits per heavy atom. The monoisotopic (exact) mass is 417 g/mol. The van der Waals surface area contributed by atoms with Crippen LogP contribution in [0.1, 0.15) is 37.3 Å². The van der Waals surface area contributed by atoms with Gasteiger partial charge in [-0.05, 0) is 35.6 Å². The lowest BCUT2D eigenvalue weighted by Gasteiger charge is -2.30. The van der Waals surface area contributed by atoms with Gasteiger partial charge in [0.05, 0.1) is 11.5 Å². The third-order valence-electron chi connectivity index (χ3n) is 5.39. The molecule has 2 aromatic carbocycles. The molecule has 0 bridgehead atoms. The van der Waals surface area contributed by atoms with E-state index in [2.05, 4.69) is 18.7 Å². The van der Waals surface area contributed by atoms with Gasteiger partial charge in [-0.1, -0.05) is 56.3 Å².